The first kappa shape index (κ1) is 19.2. The first-order valence-corrected chi connectivity index (χ1v) is 8.37. The van der Waals surface area contributed by atoms with E-state index in [0.29, 0.717) is 11.8 Å². The first-order valence-electron chi connectivity index (χ1n) is 8.37. The van der Waals surface area contributed by atoms with Gasteiger partial charge in [0.15, 0.2) is 11.8 Å². The molecule has 8 heteroatoms. The van der Waals surface area contributed by atoms with Gasteiger partial charge in [-0.1, -0.05) is 0 Å². The highest BCUT2D eigenvalue weighted by molar-refractivity contribution is 6.05. The SMILES string of the molecule is CC(=O)OC[C@H]1N=C(C(C)(C)C2=N[C@H](COC(C)=O)[C@@H](C)O2)O[C@@H]1C. The van der Waals surface area contributed by atoms with Gasteiger partial charge < -0.3 is 18.9 Å². The average molecular weight is 354 g/mol. The quantitative estimate of drug-likeness (QED) is 0.671. The van der Waals surface area contributed by atoms with E-state index < -0.39 is 5.41 Å². The molecule has 0 aromatic heterocycles. The summed E-state index contributed by atoms with van der Waals surface area (Å²) < 4.78 is 21.8. The Morgan fingerprint density at radius 3 is 1.60 bits per heavy atom. The Kier molecular flexibility index (Phi) is 5.69. The topological polar surface area (TPSA) is 95.8 Å². The van der Waals surface area contributed by atoms with Crippen LogP contribution < -0.4 is 0 Å². The fourth-order valence-electron chi connectivity index (χ4n) is 2.54. The van der Waals surface area contributed by atoms with Gasteiger partial charge in [0.1, 0.15) is 42.9 Å². The van der Waals surface area contributed by atoms with Crippen molar-refractivity contribution in [3.05, 3.63) is 0 Å². The summed E-state index contributed by atoms with van der Waals surface area (Å²) in [7, 11) is 0. The summed E-state index contributed by atoms with van der Waals surface area (Å²) in [6, 6.07) is -0.510. The molecule has 0 bridgehead atoms. The van der Waals surface area contributed by atoms with Gasteiger partial charge in [-0.15, -0.1) is 0 Å². The third kappa shape index (κ3) is 4.49. The fraction of sp³-hybridized carbons (Fsp3) is 0.765. The maximum absolute atomic E-state index is 11.0. The lowest BCUT2D eigenvalue weighted by molar-refractivity contribution is -0.142. The molecule has 0 aromatic rings. The number of aliphatic imine (C=N–C) groups is 2. The van der Waals surface area contributed by atoms with Crippen LogP contribution in [0.5, 0.6) is 0 Å². The normalized spacial score (nSPS) is 28.6. The Morgan fingerprint density at radius 1 is 0.920 bits per heavy atom. The summed E-state index contributed by atoms with van der Waals surface area (Å²) in [5, 5.41) is 0. The molecule has 8 nitrogen and oxygen atoms in total. The van der Waals surface area contributed by atoms with E-state index in [4.69, 9.17) is 18.9 Å². The standard InChI is InChI=1S/C17H26N2O6/c1-9-13(7-22-11(3)20)18-15(24-9)17(5,6)16-19-14(10(2)25-16)8-23-12(4)21/h9-10,13-14H,7-8H2,1-6H3/t9-,10-,13-,14-/m1/s1. The number of carbonyl (C=O) groups excluding carboxylic acids is 2. The van der Waals surface area contributed by atoms with E-state index in [1.54, 1.807) is 0 Å². The largest absolute Gasteiger partial charge is 0.475 e. The minimum atomic E-state index is -0.668. The van der Waals surface area contributed by atoms with Crippen molar-refractivity contribution in [1.82, 2.24) is 0 Å². The third-order valence-corrected chi connectivity index (χ3v) is 4.23. The summed E-state index contributed by atoms with van der Waals surface area (Å²) in [6.45, 7) is 10.7. The zero-order valence-electron chi connectivity index (χ0n) is 15.6. The second-order valence-electron chi connectivity index (χ2n) is 6.88. The average Bonchev–Trinajstić information content (AvgIpc) is 3.07. The van der Waals surface area contributed by atoms with E-state index in [0.717, 1.165) is 0 Å². The Labute approximate surface area is 147 Å². The van der Waals surface area contributed by atoms with Gasteiger partial charge in [0.25, 0.3) is 0 Å². The second kappa shape index (κ2) is 7.41. The molecule has 2 heterocycles. The zero-order chi connectivity index (χ0) is 18.8. The highest BCUT2D eigenvalue weighted by Gasteiger charge is 2.45. The van der Waals surface area contributed by atoms with Crippen LogP contribution in [0.2, 0.25) is 0 Å². The van der Waals surface area contributed by atoms with Gasteiger partial charge in [0.05, 0.1) is 0 Å². The number of nitrogens with zero attached hydrogens (tertiary/aromatic N) is 2. The number of hydrogen-bond acceptors (Lipinski definition) is 8. The third-order valence-electron chi connectivity index (χ3n) is 4.23. The molecule has 4 atom stereocenters. The van der Waals surface area contributed by atoms with E-state index in [9.17, 15) is 9.59 Å². The Balaban J connectivity index is 2.09. The number of rotatable bonds is 6. The predicted molar refractivity (Wildman–Crippen MR) is 90.6 cm³/mol. The summed E-state index contributed by atoms with van der Waals surface area (Å²) in [6.07, 6.45) is -0.408. The Morgan fingerprint density at radius 2 is 1.28 bits per heavy atom. The maximum atomic E-state index is 11.0. The van der Waals surface area contributed by atoms with Crippen molar-refractivity contribution in [3.63, 3.8) is 0 Å². The summed E-state index contributed by atoms with van der Waals surface area (Å²) >= 11 is 0. The molecule has 0 radical (unpaired) electrons. The summed E-state index contributed by atoms with van der Waals surface area (Å²) in [5.41, 5.74) is -0.668. The van der Waals surface area contributed by atoms with E-state index in [-0.39, 0.29) is 49.4 Å². The Hall–Kier alpha value is -2.12. The number of hydrogen-bond donors (Lipinski definition) is 0. The fourth-order valence-corrected chi connectivity index (χ4v) is 2.54. The van der Waals surface area contributed by atoms with Crippen molar-refractivity contribution >= 4 is 23.7 Å². The molecule has 140 valence electrons. The molecule has 2 rings (SSSR count). The van der Waals surface area contributed by atoms with Crippen molar-refractivity contribution in [2.75, 3.05) is 13.2 Å². The minimum absolute atomic E-state index is 0.175. The summed E-state index contributed by atoms with van der Waals surface area (Å²) in [4.78, 5) is 31.1. The van der Waals surface area contributed by atoms with Gasteiger partial charge in [-0.25, -0.2) is 9.98 Å². The van der Waals surface area contributed by atoms with Crippen LogP contribution in [0.3, 0.4) is 0 Å². The number of carbonyl (C=O) groups is 2. The smallest absolute Gasteiger partial charge is 0.302 e. The lowest BCUT2D eigenvalue weighted by Gasteiger charge is -2.24. The van der Waals surface area contributed by atoms with Crippen LogP contribution in [0.1, 0.15) is 41.5 Å². The van der Waals surface area contributed by atoms with Crippen molar-refractivity contribution in [2.45, 2.75) is 65.8 Å². The zero-order valence-corrected chi connectivity index (χ0v) is 15.6. The molecular formula is C17H26N2O6. The first-order chi connectivity index (χ1) is 11.6. The van der Waals surface area contributed by atoms with Crippen molar-refractivity contribution in [3.8, 4) is 0 Å². The van der Waals surface area contributed by atoms with Gasteiger partial charge in [-0.05, 0) is 27.7 Å². The maximum Gasteiger partial charge on any atom is 0.302 e. The van der Waals surface area contributed by atoms with E-state index >= 15 is 0 Å². The van der Waals surface area contributed by atoms with Gasteiger partial charge in [-0.3, -0.25) is 9.59 Å². The van der Waals surface area contributed by atoms with Gasteiger partial charge in [0.2, 0.25) is 0 Å². The van der Waals surface area contributed by atoms with Crippen molar-refractivity contribution in [1.29, 1.82) is 0 Å². The highest BCUT2D eigenvalue weighted by atomic mass is 16.6. The monoisotopic (exact) mass is 354 g/mol. The molecule has 0 aliphatic carbocycles. The van der Waals surface area contributed by atoms with Crippen LogP contribution in [-0.2, 0) is 28.5 Å². The minimum Gasteiger partial charge on any atom is -0.475 e. The molecule has 0 saturated heterocycles. The van der Waals surface area contributed by atoms with Crippen molar-refractivity contribution < 1.29 is 28.5 Å². The van der Waals surface area contributed by atoms with Gasteiger partial charge in [-0.2, -0.15) is 0 Å². The molecule has 0 spiro atoms. The van der Waals surface area contributed by atoms with Crippen LogP contribution in [0, 0.1) is 5.41 Å². The van der Waals surface area contributed by atoms with Gasteiger partial charge in [0, 0.05) is 13.8 Å². The lowest BCUT2D eigenvalue weighted by Crippen LogP contribution is -2.35. The molecule has 0 N–H and O–H groups in total. The van der Waals surface area contributed by atoms with Crippen molar-refractivity contribution in [2.24, 2.45) is 15.4 Å². The van der Waals surface area contributed by atoms with Crippen LogP contribution in [0.15, 0.2) is 9.98 Å². The molecule has 0 fully saturated rings. The number of ether oxygens (including phenoxy) is 4. The molecule has 0 unspecified atom stereocenters. The van der Waals surface area contributed by atoms with E-state index in [2.05, 4.69) is 9.98 Å². The molecule has 25 heavy (non-hydrogen) atoms. The molecule has 2 aliphatic heterocycles. The second-order valence-corrected chi connectivity index (χ2v) is 6.88. The highest BCUT2D eigenvalue weighted by Crippen LogP contribution is 2.32. The molecule has 0 amide bonds. The summed E-state index contributed by atoms with van der Waals surface area (Å²) in [5.74, 6) is 0.300. The molecule has 0 saturated carbocycles. The van der Waals surface area contributed by atoms with E-state index in [1.807, 2.05) is 27.7 Å². The van der Waals surface area contributed by atoms with Crippen LogP contribution in [-0.4, -0.2) is 61.2 Å². The predicted octanol–water partition coefficient (Wildman–Crippen LogP) is 1.51. The molecular weight excluding hydrogens is 328 g/mol. The lowest BCUT2D eigenvalue weighted by atomic mass is 9.93. The van der Waals surface area contributed by atoms with E-state index in [1.165, 1.54) is 13.8 Å². The van der Waals surface area contributed by atoms with Crippen LogP contribution >= 0.6 is 0 Å². The molecule has 2 aliphatic rings. The van der Waals surface area contributed by atoms with Crippen LogP contribution in [0.25, 0.3) is 0 Å². The van der Waals surface area contributed by atoms with Gasteiger partial charge >= 0.3 is 11.9 Å². The van der Waals surface area contributed by atoms with Crippen LogP contribution in [0.4, 0.5) is 0 Å². The molecule has 0 aromatic carbocycles. The number of esters is 2. The Bertz CT molecular complexity index is 548.